The first-order chi connectivity index (χ1) is 8.18. The number of nitrogens with one attached hydrogen (secondary N) is 1. The molecule has 7 nitrogen and oxygen atoms in total. The second kappa shape index (κ2) is 6.06. The largest absolute Gasteiger partial charge is 0.445 e. The summed E-state index contributed by atoms with van der Waals surface area (Å²) in [6.07, 6.45) is -7.49. The number of aliphatic hydroxyl groups excluding tert-OH is 4. The molecule has 0 aliphatic carbocycles. The molecule has 5 atom stereocenters. The zero-order valence-corrected chi connectivity index (χ0v) is 11.1. The van der Waals surface area contributed by atoms with Crippen LogP contribution in [0.4, 0.5) is 0 Å². The van der Waals surface area contributed by atoms with Crippen molar-refractivity contribution in [3.63, 3.8) is 0 Å². The first-order valence-corrected chi connectivity index (χ1v) is 5.94. The highest BCUT2D eigenvalue weighted by atomic mass is 35.6. The highest BCUT2D eigenvalue weighted by Gasteiger charge is 2.46. The molecule has 10 heteroatoms. The number of rotatable bonds is 2. The molecule has 18 heavy (non-hydrogen) atoms. The quantitative estimate of drug-likeness (QED) is 0.256. The maximum atomic E-state index is 9.57. The number of halogens is 3. The Balaban J connectivity index is 2.74. The van der Waals surface area contributed by atoms with E-state index < -0.39 is 47.0 Å². The van der Waals surface area contributed by atoms with Crippen molar-refractivity contribution in [2.75, 3.05) is 6.61 Å². The van der Waals surface area contributed by atoms with Crippen LogP contribution in [-0.2, 0) is 9.47 Å². The summed E-state index contributed by atoms with van der Waals surface area (Å²) in [6.45, 7) is -0.619. The summed E-state index contributed by atoms with van der Waals surface area (Å²) >= 11 is 16.1. The van der Waals surface area contributed by atoms with Crippen LogP contribution in [-0.4, -0.2) is 67.4 Å². The lowest BCUT2D eigenvalue weighted by Gasteiger charge is -2.39. The van der Waals surface area contributed by atoms with Crippen LogP contribution in [0.15, 0.2) is 0 Å². The molecule has 1 heterocycles. The summed E-state index contributed by atoms with van der Waals surface area (Å²) in [7, 11) is 0. The Kier molecular flexibility index (Phi) is 5.45. The minimum absolute atomic E-state index is 0.619. The predicted octanol–water partition coefficient (Wildman–Crippen LogP) is -0.850. The van der Waals surface area contributed by atoms with Gasteiger partial charge in [0.05, 0.1) is 6.61 Å². The highest BCUT2D eigenvalue weighted by Crippen LogP contribution is 2.30. The molecular formula is C8H12Cl3NO6. The van der Waals surface area contributed by atoms with Crippen LogP contribution in [0.5, 0.6) is 0 Å². The molecule has 0 amide bonds. The van der Waals surface area contributed by atoms with Gasteiger partial charge in [0.25, 0.3) is 3.79 Å². The predicted molar refractivity (Wildman–Crippen MR) is 62.9 cm³/mol. The van der Waals surface area contributed by atoms with Crippen molar-refractivity contribution in [2.45, 2.75) is 34.5 Å². The number of hydrogen-bond donors (Lipinski definition) is 5. The van der Waals surface area contributed by atoms with E-state index in [4.69, 9.17) is 54.8 Å². The Morgan fingerprint density at radius 1 is 1.17 bits per heavy atom. The molecule has 1 saturated heterocycles. The van der Waals surface area contributed by atoms with Gasteiger partial charge in [-0.1, -0.05) is 34.8 Å². The average Bonchev–Trinajstić information content (AvgIpc) is 2.28. The normalized spacial score (nSPS) is 37.4. The fraction of sp³-hybridized carbons (Fsp3) is 0.875. The van der Waals surface area contributed by atoms with E-state index in [0.29, 0.717) is 0 Å². The van der Waals surface area contributed by atoms with Gasteiger partial charge in [0.2, 0.25) is 12.2 Å². The minimum atomic E-state index is -2.15. The lowest BCUT2D eigenvalue weighted by atomic mass is 9.99. The average molecular weight is 325 g/mol. The van der Waals surface area contributed by atoms with Crippen molar-refractivity contribution in [2.24, 2.45) is 0 Å². The van der Waals surface area contributed by atoms with Crippen molar-refractivity contribution in [3.8, 4) is 0 Å². The molecular weight excluding hydrogens is 312 g/mol. The molecule has 106 valence electrons. The molecule has 1 aliphatic rings. The van der Waals surface area contributed by atoms with Gasteiger partial charge in [-0.2, -0.15) is 0 Å². The van der Waals surface area contributed by atoms with Gasteiger partial charge >= 0.3 is 0 Å². The molecule has 5 N–H and O–H groups in total. The number of hydrogen-bond acceptors (Lipinski definition) is 7. The van der Waals surface area contributed by atoms with E-state index >= 15 is 0 Å². The maximum Gasteiger partial charge on any atom is 0.265 e. The summed E-state index contributed by atoms with van der Waals surface area (Å²) in [6, 6.07) is 0. The summed E-state index contributed by atoms with van der Waals surface area (Å²) in [5, 5.41) is 44.7. The fourth-order valence-electron chi connectivity index (χ4n) is 1.35. The lowest BCUT2D eigenvalue weighted by molar-refractivity contribution is -0.281. The molecule has 1 fully saturated rings. The minimum Gasteiger partial charge on any atom is -0.445 e. The summed E-state index contributed by atoms with van der Waals surface area (Å²) in [5.41, 5.74) is 0. The van der Waals surface area contributed by atoms with E-state index in [2.05, 4.69) is 0 Å². The Bertz CT molecular complexity index is 310. The van der Waals surface area contributed by atoms with Gasteiger partial charge in [0, 0.05) is 0 Å². The molecule has 1 rings (SSSR count). The van der Waals surface area contributed by atoms with Crippen molar-refractivity contribution in [1.82, 2.24) is 0 Å². The Morgan fingerprint density at radius 3 is 2.17 bits per heavy atom. The molecule has 0 aromatic heterocycles. The van der Waals surface area contributed by atoms with Crippen LogP contribution in [0.3, 0.4) is 0 Å². The monoisotopic (exact) mass is 323 g/mol. The van der Waals surface area contributed by atoms with Crippen molar-refractivity contribution in [1.29, 1.82) is 5.41 Å². The molecule has 0 spiro atoms. The topological polar surface area (TPSA) is 123 Å². The summed E-state index contributed by atoms with van der Waals surface area (Å²) in [4.78, 5) is 0. The summed E-state index contributed by atoms with van der Waals surface area (Å²) in [5.74, 6) is -0.822. The van der Waals surface area contributed by atoms with Gasteiger partial charge in [-0.05, 0) is 0 Å². The molecule has 0 bridgehead atoms. The Morgan fingerprint density at radius 2 is 1.72 bits per heavy atom. The smallest absolute Gasteiger partial charge is 0.265 e. The zero-order valence-electron chi connectivity index (χ0n) is 8.83. The standard InChI is InChI=1S/C8H12Cl3NO6/c9-8(10,11)7(12)18-6-5(16)4(15)3(14)2(1-13)17-6/h2-6,12-16H,1H2/t2-,3-,4+,5-,6+/m1/s1. The number of ether oxygens (including phenoxy) is 2. The second-order valence-corrected chi connectivity index (χ2v) is 5.92. The van der Waals surface area contributed by atoms with Gasteiger partial charge in [0.1, 0.15) is 24.4 Å². The lowest BCUT2D eigenvalue weighted by Crippen LogP contribution is -2.59. The maximum absolute atomic E-state index is 9.57. The first-order valence-electron chi connectivity index (χ1n) is 4.81. The Hall–Kier alpha value is 0.140. The van der Waals surface area contributed by atoms with Crippen molar-refractivity contribution < 1.29 is 29.9 Å². The van der Waals surface area contributed by atoms with Crippen LogP contribution in [0, 0.1) is 5.41 Å². The van der Waals surface area contributed by atoms with Crippen LogP contribution < -0.4 is 0 Å². The number of alkyl halides is 3. The van der Waals surface area contributed by atoms with Gasteiger partial charge in [0.15, 0.2) is 0 Å². The van der Waals surface area contributed by atoms with E-state index in [-0.39, 0.29) is 0 Å². The molecule has 0 aromatic rings. The number of aliphatic hydroxyl groups is 4. The van der Waals surface area contributed by atoms with Crippen LogP contribution >= 0.6 is 34.8 Å². The van der Waals surface area contributed by atoms with E-state index in [9.17, 15) is 15.3 Å². The SMILES string of the molecule is N=C(O[C@@H]1O[C@H](CO)[C@@H](O)[C@H](O)[C@H]1O)C(Cl)(Cl)Cl. The second-order valence-electron chi connectivity index (χ2n) is 3.64. The van der Waals surface area contributed by atoms with E-state index in [1.807, 2.05) is 0 Å². The van der Waals surface area contributed by atoms with Crippen LogP contribution in [0.1, 0.15) is 0 Å². The third-order valence-corrected chi connectivity index (χ3v) is 2.85. The highest BCUT2D eigenvalue weighted by molar-refractivity contribution is 6.76. The van der Waals surface area contributed by atoms with Gasteiger partial charge in [-0.25, -0.2) is 0 Å². The molecule has 1 aliphatic heterocycles. The molecule has 0 aromatic carbocycles. The van der Waals surface area contributed by atoms with Crippen molar-refractivity contribution >= 4 is 40.7 Å². The van der Waals surface area contributed by atoms with Gasteiger partial charge in [-0.15, -0.1) is 0 Å². The molecule has 0 unspecified atom stereocenters. The molecule has 0 radical (unpaired) electrons. The fourth-order valence-corrected chi connectivity index (χ4v) is 1.48. The van der Waals surface area contributed by atoms with E-state index in [0.717, 1.165) is 0 Å². The third-order valence-electron chi connectivity index (χ3n) is 2.34. The molecule has 0 saturated carbocycles. The third kappa shape index (κ3) is 3.58. The van der Waals surface area contributed by atoms with Crippen LogP contribution in [0.2, 0.25) is 0 Å². The van der Waals surface area contributed by atoms with E-state index in [1.165, 1.54) is 0 Å². The van der Waals surface area contributed by atoms with Gasteiger partial charge < -0.3 is 29.9 Å². The summed E-state index contributed by atoms with van der Waals surface area (Å²) < 4.78 is 7.55. The van der Waals surface area contributed by atoms with Gasteiger partial charge in [-0.3, -0.25) is 5.41 Å². The van der Waals surface area contributed by atoms with Crippen LogP contribution in [0.25, 0.3) is 0 Å². The first kappa shape index (κ1) is 16.2. The Labute approximate surface area is 117 Å². The van der Waals surface area contributed by atoms with E-state index in [1.54, 1.807) is 0 Å². The van der Waals surface area contributed by atoms with Crippen molar-refractivity contribution in [3.05, 3.63) is 0 Å². The zero-order chi connectivity index (χ0) is 14.1.